The van der Waals surface area contributed by atoms with Crippen LogP contribution in [0, 0.1) is 0 Å². The molecule has 0 bridgehead atoms. The van der Waals surface area contributed by atoms with E-state index in [1.165, 1.54) is 0 Å². The van der Waals surface area contributed by atoms with E-state index in [4.69, 9.17) is 14.2 Å². The first kappa shape index (κ1) is 22.8. The first-order valence-corrected chi connectivity index (χ1v) is 12.0. The van der Waals surface area contributed by atoms with Crippen LogP contribution in [0.2, 0.25) is 0 Å². The number of rotatable bonds is 8. The van der Waals surface area contributed by atoms with Crippen LogP contribution < -0.4 is 15.0 Å². The van der Waals surface area contributed by atoms with Crippen molar-refractivity contribution >= 4 is 10.9 Å². The number of H-pyrrole nitrogens is 1. The van der Waals surface area contributed by atoms with Gasteiger partial charge in [0.25, 0.3) is 5.56 Å². The van der Waals surface area contributed by atoms with E-state index in [0.29, 0.717) is 49.9 Å². The third-order valence-electron chi connectivity index (χ3n) is 6.80. The van der Waals surface area contributed by atoms with Crippen LogP contribution >= 0.6 is 0 Å². The van der Waals surface area contributed by atoms with Crippen molar-refractivity contribution in [1.82, 2.24) is 30.1 Å². The number of fused-ring (bicyclic) bond motifs is 2. The van der Waals surface area contributed by atoms with E-state index in [1.54, 1.807) is 0 Å². The van der Waals surface area contributed by atoms with Gasteiger partial charge >= 0.3 is 0 Å². The molecular formula is C24H32N6O4. The predicted octanol–water partition coefficient (Wildman–Crippen LogP) is 2.61. The van der Waals surface area contributed by atoms with Gasteiger partial charge in [-0.1, -0.05) is 6.92 Å². The van der Waals surface area contributed by atoms with Crippen LogP contribution in [0.5, 0.6) is 11.5 Å². The van der Waals surface area contributed by atoms with Crippen LogP contribution in [0.1, 0.15) is 51.4 Å². The molecule has 1 fully saturated rings. The van der Waals surface area contributed by atoms with E-state index in [2.05, 4.69) is 46.2 Å². The van der Waals surface area contributed by atoms with Crippen molar-refractivity contribution in [3.63, 3.8) is 0 Å². The molecule has 1 saturated heterocycles. The number of aromatic nitrogens is 5. The van der Waals surface area contributed by atoms with Gasteiger partial charge in [0, 0.05) is 36.7 Å². The molecule has 0 radical (unpaired) electrons. The van der Waals surface area contributed by atoms with Gasteiger partial charge in [-0.3, -0.25) is 9.69 Å². The molecule has 1 N–H and O–H groups in total. The summed E-state index contributed by atoms with van der Waals surface area (Å²) in [6.07, 6.45) is 3.11. The minimum absolute atomic E-state index is 0.116. The van der Waals surface area contributed by atoms with E-state index < -0.39 is 0 Å². The Morgan fingerprint density at radius 2 is 1.94 bits per heavy atom. The Balaban J connectivity index is 1.44. The zero-order valence-corrected chi connectivity index (χ0v) is 20.0. The molecule has 0 amide bonds. The van der Waals surface area contributed by atoms with E-state index in [1.807, 2.05) is 22.9 Å². The van der Waals surface area contributed by atoms with Gasteiger partial charge in [-0.2, -0.15) is 0 Å². The van der Waals surface area contributed by atoms with Crippen molar-refractivity contribution in [2.45, 2.75) is 64.8 Å². The smallest absolute Gasteiger partial charge is 0.252 e. The highest BCUT2D eigenvalue weighted by molar-refractivity contribution is 5.83. The molecule has 5 rings (SSSR count). The van der Waals surface area contributed by atoms with Crippen molar-refractivity contribution in [2.75, 3.05) is 26.4 Å². The molecule has 2 aliphatic heterocycles. The third kappa shape index (κ3) is 4.65. The summed E-state index contributed by atoms with van der Waals surface area (Å²) in [5.74, 6) is 2.14. The van der Waals surface area contributed by atoms with Gasteiger partial charge in [-0.05, 0) is 55.7 Å². The lowest BCUT2D eigenvalue weighted by Gasteiger charge is -2.28. The summed E-state index contributed by atoms with van der Waals surface area (Å²) in [5, 5.41) is 13.4. The molecule has 182 valence electrons. The summed E-state index contributed by atoms with van der Waals surface area (Å²) in [5.41, 5.74) is 1.10. The van der Waals surface area contributed by atoms with Crippen LogP contribution in [0.4, 0.5) is 0 Å². The van der Waals surface area contributed by atoms with Crippen molar-refractivity contribution in [1.29, 1.82) is 0 Å². The Bertz CT molecular complexity index is 1210. The molecule has 10 heteroatoms. The normalized spacial score (nSPS) is 18.2. The Morgan fingerprint density at radius 3 is 2.68 bits per heavy atom. The topological polar surface area (TPSA) is 107 Å². The number of nitrogens with one attached hydrogen (secondary N) is 1. The highest BCUT2D eigenvalue weighted by atomic mass is 16.6. The maximum Gasteiger partial charge on any atom is 0.252 e. The summed E-state index contributed by atoms with van der Waals surface area (Å²) < 4.78 is 19.2. The molecule has 0 spiro atoms. The second kappa shape index (κ2) is 9.34. The quantitative estimate of drug-likeness (QED) is 0.538. The zero-order chi connectivity index (χ0) is 23.7. The van der Waals surface area contributed by atoms with Crippen molar-refractivity contribution in [2.24, 2.45) is 0 Å². The highest BCUT2D eigenvalue weighted by Gasteiger charge is 2.27. The summed E-state index contributed by atoms with van der Waals surface area (Å²) in [7, 11) is 0. The minimum Gasteiger partial charge on any atom is -0.486 e. The summed E-state index contributed by atoms with van der Waals surface area (Å²) >= 11 is 0. The highest BCUT2D eigenvalue weighted by Crippen LogP contribution is 2.33. The average molecular weight is 469 g/mol. The van der Waals surface area contributed by atoms with Crippen LogP contribution in [0.3, 0.4) is 0 Å². The van der Waals surface area contributed by atoms with E-state index in [9.17, 15) is 4.79 Å². The maximum absolute atomic E-state index is 13.0. The number of hydrogen-bond acceptors (Lipinski definition) is 8. The van der Waals surface area contributed by atoms with E-state index in [-0.39, 0.29) is 17.2 Å². The number of aromatic amines is 1. The molecule has 4 heterocycles. The van der Waals surface area contributed by atoms with Crippen LogP contribution in [0.25, 0.3) is 10.9 Å². The second-order valence-electron chi connectivity index (χ2n) is 9.68. The molecule has 1 atom stereocenters. The lowest BCUT2D eigenvalue weighted by molar-refractivity contribution is 0.0655. The lowest BCUT2D eigenvalue weighted by Crippen LogP contribution is -2.36. The van der Waals surface area contributed by atoms with Crippen molar-refractivity contribution in [3.8, 4) is 11.5 Å². The summed E-state index contributed by atoms with van der Waals surface area (Å²) in [6.45, 7) is 9.86. The molecule has 1 aromatic carbocycles. The number of nitrogens with zero attached hydrogens (tertiary/aromatic N) is 5. The van der Waals surface area contributed by atoms with Gasteiger partial charge in [-0.15, -0.1) is 5.10 Å². The Morgan fingerprint density at radius 1 is 1.15 bits per heavy atom. The van der Waals surface area contributed by atoms with Crippen LogP contribution in [-0.4, -0.2) is 62.6 Å². The molecule has 3 aromatic rings. The summed E-state index contributed by atoms with van der Waals surface area (Å²) in [6, 6.07) is 5.70. The number of ether oxygens (including phenoxy) is 3. The van der Waals surface area contributed by atoms with Gasteiger partial charge in [-0.25, -0.2) is 4.68 Å². The Labute approximate surface area is 198 Å². The zero-order valence-electron chi connectivity index (χ0n) is 20.0. The van der Waals surface area contributed by atoms with Crippen molar-refractivity contribution in [3.05, 3.63) is 39.9 Å². The van der Waals surface area contributed by atoms with Gasteiger partial charge in [0.2, 0.25) is 0 Å². The second-order valence-corrected chi connectivity index (χ2v) is 9.68. The molecular weight excluding hydrogens is 436 g/mol. The number of pyridine rings is 1. The monoisotopic (exact) mass is 468 g/mol. The Hall–Kier alpha value is -2.98. The summed E-state index contributed by atoms with van der Waals surface area (Å²) in [4.78, 5) is 18.2. The van der Waals surface area contributed by atoms with Gasteiger partial charge < -0.3 is 19.2 Å². The lowest BCUT2D eigenvalue weighted by atomic mass is 10.0. The number of benzene rings is 1. The van der Waals surface area contributed by atoms with Crippen LogP contribution in [-0.2, 0) is 23.4 Å². The minimum atomic E-state index is -0.198. The van der Waals surface area contributed by atoms with Gasteiger partial charge in [0.1, 0.15) is 13.2 Å². The van der Waals surface area contributed by atoms with E-state index >= 15 is 0 Å². The molecule has 0 unspecified atom stereocenters. The fraction of sp³-hybridized carbons (Fsp3) is 0.583. The van der Waals surface area contributed by atoms with Gasteiger partial charge in [0.05, 0.1) is 23.7 Å². The molecule has 0 aliphatic carbocycles. The maximum atomic E-state index is 13.0. The van der Waals surface area contributed by atoms with Crippen molar-refractivity contribution < 1.29 is 14.2 Å². The molecule has 2 aromatic heterocycles. The predicted molar refractivity (Wildman–Crippen MR) is 126 cm³/mol. The number of tetrazole rings is 1. The Kier molecular flexibility index (Phi) is 6.26. The fourth-order valence-corrected chi connectivity index (χ4v) is 4.53. The first-order chi connectivity index (χ1) is 16.4. The molecule has 10 nitrogen and oxygen atoms in total. The molecule has 34 heavy (non-hydrogen) atoms. The molecule has 2 aliphatic rings. The average Bonchev–Trinajstić information content (AvgIpc) is 3.51. The standard InChI is InChI=1S/C24H32N6O4/c1-4-24(2,3)30-22(26-27-28-30)15-29(14-18-6-5-7-32-18)13-17-10-16-11-20-21(34-9-8-33-20)12-19(16)25-23(17)31/h10-12,18H,4-9,13-15H2,1-3H3,(H,25,31)/t18-/m0/s1. The first-order valence-electron chi connectivity index (χ1n) is 12.0. The van der Waals surface area contributed by atoms with Gasteiger partial charge in [0.15, 0.2) is 17.3 Å². The number of hydrogen-bond donors (Lipinski definition) is 1. The molecule has 0 saturated carbocycles. The van der Waals surface area contributed by atoms with E-state index in [0.717, 1.165) is 42.6 Å². The fourth-order valence-electron chi connectivity index (χ4n) is 4.53. The third-order valence-corrected chi connectivity index (χ3v) is 6.80. The largest absolute Gasteiger partial charge is 0.486 e. The van der Waals surface area contributed by atoms with Crippen LogP contribution in [0.15, 0.2) is 23.0 Å². The SMILES string of the molecule is CCC(C)(C)n1nnnc1CN(Cc1cc2cc3c(cc2[nH]c1=O)OCCO3)C[C@@H]1CCCO1.